The van der Waals surface area contributed by atoms with Gasteiger partial charge >= 0.3 is 5.97 Å². The summed E-state index contributed by atoms with van der Waals surface area (Å²) >= 11 is 1.72. The number of hydrogen-bond donors (Lipinski definition) is 2. The highest BCUT2D eigenvalue weighted by molar-refractivity contribution is 7.99. The molecular formula is C24H29N5O5S. The normalized spacial score (nSPS) is 17.5. The first-order valence-electron chi connectivity index (χ1n) is 11.9. The molecule has 2 N–H and O–H groups in total. The number of nitrogens with zero attached hydrogens (tertiary/aromatic N) is 4. The Hall–Kier alpha value is -3.21. The molecule has 0 spiro atoms. The number of carbonyl (C=O) groups is 4. The van der Waals surface area contributed by atoms with Crippen molar-refractivity contribution in [2.45, 2.75) is 75.4 Å². The van der Waals surface area contributed by atoms with Crippen molar-refractivity contribution >= 4 is 35.5 Å². The summed E-state index contributed by atoms with van der Waals surface area (Å²) in [6.45, 7) is 1.16. The number of rotatable bonds is 12. The van der Waals surface area contributed by atoms with E-state index in [1.165, 1.54) is 0 Å². The topological polar surface area (TPSA) is 134 Å². The average Bonchev–Trinajstić information content (AvgIpc) is 3.41. The zero-order valence-corrected chi connectivity index (χ0v) is 20.3. The Morgan fingerprint density at radius 3 is 2.83 bits per heavy atom. The largest absolute Gasteiger partial charge is 0.481 e. The number of carboxylic acid groups (broad SMARTS) is 1. The van der Waals surface area contributed by atoms with Gasteiger partial charge in [0.05, 0.1) is 5.69 Å². The predicted molar refractivity (Wildman–Crippen MR) is 128 cm³/mol. The zero-order valence-electron chi connectivity index (χ0n) is 19.4. The predicted octanol–water partition coefficient (Wildman–Crippen LogP) is 2.41. The van der Waals surface area contributed by atoms with Gasteiger partial charge in [0.15, 0.2) is 0 Å². The minimum atomic E-state index is -0.797. The van der Waals surface area contributed by atoms with Crippen LogP contribution in [0.3, 0.4) is 0 Å². The van der Waals surface area contributed by atoms with Gasteiger partial charge in [0.25, 0.3) is 5.91 Å². The second-order valence-corrected chi connectivity index (χ2v) is 9.95. The average molecular weight is 500 g/mol. The minimum absolute atomic E-state index is 0.137. The maximum absolute atomic E-state index is 12.9. The van der Waals surface area contributed by atoms with Gasteiger partial charge in [-0.3, -0.25) is 29.2 Å². The lowest BCUT2D eigenvalue weighted by atomic mass is 10.0. The molecule has 3 heterocycles. The number of piperidine rings is 1. The molecule has 0 aliphatic carbocycles. The van der Waals surface area contributed by atoms with Gasteiger partial charge in [0, 0.05) is 42.6 Å². The number of carbonyl (C=O) groups excluding carboxylic acids is 3. The Morgan fingerprint density at radius 2 is 2.03 bits per heavy atom. The summed E-state index contributed by atoms with van der Waals surface area (Å²) in [5.41, 5.74) is 2.43. The Labute approximate surface area is 207 Å². The van der Waals surface area contributed by atoms with E-state index in [0.717, 1.165) is 47.7 Å². The monoisotopic (exact) mass is 499 g/mol. The maximum Gasteiger partial charge on any atom is 0.303 e. The minimum Gasteiger partial charge on any atom is -0.481 e. The van der Waals surface area contributed by atoms with Crippen molar-refractivity contribution in [3.05, 3.63) is 41.2 Å². The third-order valence-electron chi connectivity index (χ3n) is 6.24. The van der Waals surface area contributed by atoms with Crippen LogP contribution in [0.2, 0.25) is 0 Å². The summed E-state index contributed by atoms with van der Waals surface area (Å²) in [4.78, 5) is 49.9. The third-order valence-corrected chi connectivity index (χ3v) is 7.42. The van der Waals surface area contributed by atoms with Gasteiger partial charge in [-0.15, -0.1) is 16.9 Å². The summed E-state index contributed by atoms with van der Waals surface area (Å²) in [6.07, 6.45) is 6.82. The first-order valence-corrected chi connectivity index (χ1v) is 12.9. The number of imide groups is 1. The second-order valence-electron chi connectivity index (χ2n) is 8.81. The highest BCUT2D eigenvalue weighted by Gasteiger charge is 2.39. The van der Waals surface area contributed by atoms with Gasteiger partial charge in [0.2, 0.25) is 11.8 Å². The van der Waals surface area contributed by atoms with Crippen molar-refractivity contribution in [2.75, 3.05) is 5.75 Å². The fraction of sp³-hybridized carbons (Fsp3) is 0.500. The fourth-order valence-electron chi connectivity index (χ4n) is 4.41. The third kappa shape index (κ3) is 6.27. The number of hydrogen-bond acceptors (Lipinski definition) is 7. The van der Waals surface area contributed by atoms with Gasteiger partial charge in [-0.2, -0.15) is 0 Å². The Morgan fingerprint density at radius 1 is 1.17 bits per heavy atom. The highest BCUT2D eigenvalue weighted by Crippen LogP contribution is 2.34. The molecule has 186 valence electrons. The SMILES string of the molecule is O=C(O)CCCc1cn(CCCCCSc2cccc3c2CN(C2CCC(=O)NC2=O)C3=O)nn1. The molecule has 1 aromatic carbocycles. The van der Waals surface area contributed by atoms with Crippen molar-refractivity contribution in [3.63, 3.8) is 0 Å². The first kappa shape index (κ1) is 24.9. The summed E-state index contributed by atoms with van der Waals surface area (Å²) in [6, 6.07) is 5.11. The van der Waals surface area contributed by atoms with Gasteiger partial charge in [-0.1, -0.05) is 17.7 Å². The number of thioether (sulfide) groups is 1. The fourth-order valence-corrected chi connectivity index (χ4v) is 5.50. The molecular weight excluding hydrogens is 470 g/mol. The Kier molecular flexibility index (Phi) is 8.17. The maximum atomic E-state index is 12.9. The molecule has 10 nitrogen and oxygen atoms in total. The van der Waals surface area contributed by atoms with Crippen molar-refractivity contribution in [3.8, 4) is 0 Å². The number of amides is 3. The highest BCUT2D eigenvalue weighted by atomic mass is 32.2. The molecule has 35 heavy (non-hydrogen) atoms. The molecule has 0 bridgehead atoms. The van der Waals surface area contributed by atoms with Crippen molar-refractivity contribution in [1.82, 2.24) is 25.2 Å². The van der Waals surface area contributed by atoms with Crippen LogP contribution in [-0.2, 0) is 33.9 Å². The molecule has 0 saturated carbocycles. The summed E-state index contributed by atoms with van der Waals surface area (Å²) in [7, 11) is 0. The smallest absolute Gasteiger partial charge is 0.303 e. The Balaban J connectivity index is 1.21. The van der Waals surface area contributed by atoms with E-state index in [4.69, 9.17) is 5.11 Å². The van der Waals surface area contributed by atoms with Crippen LogP contribution in [0.1, 0.15) is 66.6 Å². The van der Waals surface area contributed by atoms with E-state index in [2.05, 4.69) is 15.6 Å². The quantitative estimate of drug-likeness (QED) is 0.258. The second kappa shape index (κ2) is 11.5. The number of aryl methyl sites for hydroxylation is 2. The molecule has 2 aliphatic rings. The van der Waals surface area contributed by atoms with E-state index in [1.54, 1.807) is 16.7 Å². The van der Waals surface area contributed by atoms with Crippen LogP contribution < -0.4 is 5.32 Å². The molecule has 1 atom stereocenters. The van der Waals surface area contributed by atoms with Crippen LogP contribution in [0.15, 0.2) is 29.3 Å². The number of benzene rings is 1. The van der Waals surface area contributed by atoms with E-state index in [9.17, 15) is 19.2 Å². The van der Waals surface area contributed by atoms with E-state index in [0.29, 0.717) is 31.4 Å². The summed E-state index contributed by atoms with van der Waals surface area (Å²) in [5.74, 6) is -0.704. The molecule has 1 aromatic heterocycles. The molecule has 1 unspecified atom stereocenters. The zero-order chi connectivity index (χ0) is 24.8. The number of unbranched alkanes of at least 4 members (excludes halogenated alkanes) is 2. The lowest BCUT2D eigenvalue weighted by molar-refractivity contribution is -0.138. The Bertz CT molecular complexity index is 1120. The van der Waals surface area contributed by atoms with Crippen LogP contribution in [0, 0.1) is 0 Å². The summed E-state index contributed by atoms with van der Waals surface area (Å²) < 4.78 is 1.81. The van der Waals surface area contributed by atoms with Crippen LogP contribution in [0.25, 0.3) is 0 Å². The lowest BCUT2D eigenvalue weighted by Gasteiger charge is -2.29. The molecule has 1 saturated heterocycles. The molecule has 2 aliphatic heterocycles. The van der Waals surface area contributed by atoms with E-state index < -0.39 is 17.9 Å². The van der Waals surface area contributed by atoms with Gasteiger partial charge in [-0.25, -0.2) is 0 Å². The first-order chi connectivity index (χ1) is 16.9. The standard InChI is InChI=1S/C24H29N5O5S/c30-21-11-10-19(23(33)25-21)29-15-18-17(24(29)34)7-5-8-20(18)35-13-3-1-2-12-28-14-16(26-27-28)6-4-9-22(31)32/h5,7-8,14,19H,1-4,6,9-13,15H2,(H,31,32)(H,25,30,33). The number of fused-ring (bicyclic) bond motifs is 1. The van der Waals surface area contributed by atoms with Crippen LogP contribution in [0.5, 0.6) is 0 Å². The van der Waals surface area contributed by atoms with E-state index in [1.807, 2.05) is 29.1 Å². The molecule has 3 amide bonds. The van der Waals surface area contributed by atoms with Crippen molar-refractivity contribution < 1.29 is 24.3 Å². The van der Waals surface area contributed by atoms with Crippen LogP contribution >= 0.6 is 11.8 Å². The molecule has 2 aromatic rings. The van der Waals surface area contributed by atoms with Gasteiger partial charge in [-0.05, 0) is 55.6 Å². The van der Waals surface area contributed by atoms with E-state index in [-0.39, 0.29) is 24.7 Å². The summed E-state index contributed by atoms with van der Waals surface area (Å²) in [5, 5.41) is 19.3. The van der Waals surface area contributed by atoms with Crippen molar-refractivity contribution in [2.24, 2.45) is 0 Å². The molecule has 0 radical (unpaired) electrons. The number of nitrogens with one attached hydrogen (secondary N) is 1. The van der Waals surface area contributed by atoms with Gasteiger partial charge in [0.1, 0.15) is 6.04 Å². The van der Waals surface area contributed by atoms with Gasteiger partial charge < -0.3 is 10.0 Å². The molecule has 4 rings (SSSR count). The number of aliphatic carboxylic acids is 1. The number of aromatic nitrogens is 3. The lowest BCUT2D eigenvalue weighted by Crippen LogP contribution is -2.52. The van der Waals surface area contributed by atoms with E-state index >= 15 is 0 Å². The molecule has 1 fully saturated rings. The van der Waals surface area contributed by atoms with Crippen LogP contribution in [-0.4, -0.2) is 60.5 Å². The van der Waals surface area contributed by atoms with Crippen LogP contribution in [0.4, 0.5) is 0 Å². The number of carboxylic acids is 1. The molecule has 11 heteroatoms. The van der Waals surface area contributed by atoms with Crippen molar-refractivity contribution in [1.29, 1.82) is 0 Å².